The molecule has 2 aliphatic rings. The number of piperidine rings is 1. The number of amides is 2. The number of anilines is 1. The summed E-state index contributed by atoms with van der Waals surface area (Å²) in [7, 11) is 0. The maximum Gasteiger partial charge on any atom is 0.326 e. The van der Waals surface area contributed by atoms with Gasteiger partial charge in [0.2, 0.25) is 5.91 Å². The number of esters is 2. The van der Waals surface area contributed by atoms with Gasteiger partial charge < -0.3 is 28.6 Å². The minimum Gasteiger partial charge on any atom is -0.459 e. The highest BCUT2D eigenvalue weighted by Gasteiger charge is 2.38. The van der Waals surface area contributed by atoms with Gasteiger partial charge in [0, 0.05) is 31.2 Å². The van der Waals surface area contributed by atoms with E-state index in [0.29, 0.717) is 5.76 Å². The maximum absolute atomic E-state index is 14.0. The van der Waals surface area contributed by atoms with Gasteiger partial charge in [0.15, 0.2) is 5.76 Å². The Labute approximate surface area is 292 Å². The Bertz CT molecular complexity index is 1360. The van der Waals surface area contributed by atoms with Crippen LogP contribution in [0.4, 0.5) is 5.69 Å². The van der Waals surface area contributed by atoms with Gasteiger partial charge in [-0.25, -0.2) is 0 Å². The third-order valence-electron chi connectivity index (χ3n) is 9.42. The number of benzene rings is 1. The first-order valence-corrected chi connectivity index (χ1v) is 17.9. The summed E-state index contributed by atoms with van der Waals surface area (Å²) >= 11 is 0. The second-order valence-electron chi connectivity index (χ2n) is 16.0. The zero-order valence-electron chi connectivity index (χ0n) is 30.7. The summed E-state index contributed by atoms with van der Waals surface area (Å²) in [5, 5.41) is 0. The minimum absolute atomic E-state index is 0.0380. The molecule has 10 heteroatoms. The molecule has 1 aliphatic heterocycles. The van der Waals surface area contributed by atoms with Crippen molar-refractivity contribution < 1.29 is 33.1 Å². The van der Waals surface area contributed by atoms with Crippen LogP contribution in [0.2, 0.25) is 0 Å². The smallest absolute Gasteiger partial charge is 0.326 e. The van der Waals surface area contributed by atoms with Crippen LogP contribution in [0.15, 0.2) is 47.1 Å². The van der Waals surface area contributed by atoms with E-state index < -0.39 is 23.1 Å². The van der Waals surface area contributed by atoms with Crippen molar-refractivity contribution >= 4 is 29.4 Å². The molecule has 2 amide bonds. The molecule has 0 unspecified atom stereocenters. The van der Waals surface area contributed by atoms with Crippen LogP contribution in [0, 0.1) is 12.3 Å². The largest absolute Gasteiger partial charge is 0.459 e. The molecule has 49 heavy (non-hydrogen) atoms. The molecule has 270 valence electrons. The van der Waals surface area contributed by atoms with Crippen LogP contribution in [0.5, 0.6) is 0 Å². The zero-order valence-corrected chi connectivity index (χ0v) is 30.7. The van der Waals surface area contributed by atoms with Gasteiger partial charge in [-0.3, -0.25) is 19.2 Å². The summed E-state index contributed by atoms with van der Waals surface area (Å²) in [6.45, 7) is 14.6. The lowest BCUT2D eigenvalue weighted by Gasteiger charge is -2.42. The fraction of sp³-hybridized carbons (Fsp3) is 0.641. The summed E-state index contributed by atoms with van der Waals surface area (Å²) in [4.78, 5) is 58.9. The molecule has 0 bridgehead atoms. The predicted octanol–water partition coefficient (Wildman–Crippen LogP) is 6.94. The summed E-state index contributed by atoms with van der Waals surface area (Å²) in [5.74, 6) is -1.11. The molecule has 0 N–H and O–H groups in total. The van der Waals surface area contributed by atoms with E-state index in [0.717, 1.165) is 82.3 Å². The number of rotatable bonds is 12. The molecule has 4 rings (SSSR count). The Morgan fingerprint density at radius 1 is 0.857 bits per heavy atom. The average molecular weight is 680 g/mol. The fourth-order valence-corrected chi connectivity index (χ4v) is 7.06. The lowest BCUT2D eigenvalue weighted by molar-refractivity contribution is -0.164. The predicted molar refractivity (Wildman–Crippen MR) is 189 cm³/mol. The van der Waals surface area contributed by atoms with Crippen molar-refractivity contribution in [3.63, 3.8) is 0 Å². The second-order valence-corrected chi connectivity index (χ2v) is 16.0. The van der Waals surface area contributed by atoms with Crippen LogP contribution in [-0.2, 0) is 23.9 Å². The van der Waals surface area contributed by atoms with Gasteiger partial charge in [-0.05, 0) is 117 Å². The van der Waals surface area contributed by atoms with Gasteiger partial charge in [0.05, 0.1) is 6.26 Å². The summed E-state index contributed by atoms with van der Waals surface area (Å²) in [6.07, 6.45) is 9.40. The van der Waals surface area contributed by atoms with Crippen LogP contribution >= 0.6 is 0 Å². The Morgan fingerprint density at radius 3 is 1.94 bits per heavy atom. The number of carbonyl (C=O) groups is 4. The molecule has 1 saturated carbocycles. The molecule has 1 aromatic heterocycles. The molecule has 0 atom stereocenters. The molecule has 1 aromatic carbocycles. The van der Waals surface area contributed by atoms with Gasteiger partial charge in [-0.2, -0.15) is 0 Å². The first kappa shape index (κ1) is 38.1. The van der Waals surface area contributed by atoms with E-state index >= 15 is 0 Å². The van der Waals surface area contributed by atoms with E-state index in [1.54, 1.807) is 53.7 Å². The number of likely N-dealkylation sites (tertiary alicyclic amines) is 1. The van der Waals surface area contributed by atoms with Gasteiger partial charge in [0.1, 0.15) is 24.3 Å². The van der Waals surface area contributed by atoms with Crippen molar-refractivity contribution in [2.45, 2.75) is 123 Å². The lowest BCUT2D eigenvalue weighted by atomic mass is 9.69. The zero-order chi connectivity index (χ0) is 35.8. The molecule has 2 fully saturated rings. The molecule has 0 spiro atoms. The van der Waals surface area contributed by atoms with Gasteiger partial charge in [0.25, 0.3) is 5.91 Å². The average Bonchev–Trinajstić information content (AvgIpc) is 3.55. The van der Waals surface area contributed by atoms with E-state index in [1.807, 2.05) is 36.1 Å². The van der Waals surface area contributed by atoms with E-state index in [2.05, 4.69) is 4.90 Å². The number of nitrogens with zero attached hydrogens (tertiary/aromatic N) is 3. The molecular formula is C39H57N3O7. The van der Waals surface area contributed by atoms with Crippen LogP contribution < -0.4 is 4.90 Å². The van der Waals surface area contributed by atoms with E-state index in [4.69, 9.17) is 13.9 Å². The van der Waals surface area contributed by atoms with Crippen molar-refractivity contribution in [1.29, 1.82) is 0 Å². The number of furan rings is 1. The van der Waals surface area contributed by atoms with E-state index in [1.165, 1.54) is 11.2 Å². The normalized spacial score (nSPS) is 17.3. The maximum atomic E-state index is 14.0. The number of aryl methyl sites for hydroxylation is 1. The molecule has 2 heterocycles. The molecule has 0 radical (unpaired) electrons. The fourth-order valence-electron chi connectivity index (χ4n) is 7.06. The molecule has 2 aromatic rings. The molecule has 10 nitrogen and oxygen atoms in total. The first-order chi connectivity index (χ1) is 23.0. The van der Waals surface area contributed by atoms with E-state index in [9.17, 15) is 19.2 Å². The number of hydrogen-bond donors (Lipinski definition) is 0. The van der Waals surface area contributed by atoms with Crippen molar-refractivity contribution in [2.24, 2.45) is 5.41 Å². The van der Waals surface area contributed by atoms with Gasteiger partial charge in [-0.1, -0.05) is 37.0 Å². The van der Waals surface area contributed by atoms with Gasteiger partial charge >= 0.3 is 11.9 Å². The Hall–Kier alpha value is -3.66. The summed E-state index contributed by atoms with van der Waals surface area (Å²) in [5.41, 5.74) is 0.373. The SMILES string of the molecule is Cc1ccc(N(C(=O)c2ccco2)C2CCN(CCC3(CC(=O)N(CC(=O)OC(C)(C)C)CC(=O)OC(C)(C)C)CCCCC3)CC2)cc1. The molecule has 1 saturated heterocycles. The molecular weight excluding hydrogens is 622 g/mol. The highest BCUT2D eigenvalue weighted by atomic mass is 16.6. The number of ether oxygens (including phenoxy) is 2. The highest BCUT2D eigenvalue weighted by Crippen LogP contribution is 2.43. The number of hydrogen-bond acceptors (Lipinski definition) is 8. The van der Waals surface area contributed by atoms with Crippen molar-refractivity contribution in [1.82, 2.24) is 9.80 Å². The summed E-state index contributed by atoms with van der Waals surface area (Å²) < 4.78 is 16.5. The minimum atomic E-state index is -0.709. The lowest BCUT2D eigenvalue weighted by Crippen LogP contribution is -2.48. The Kier molecular flexibility index (Phi) is 12.7. The topological polar surface area (TPSA) is 110 Å². The first-order valence-electron chi connectivity index (χ1n) is 17.9. The Morgan fingerprint density at radius 2 is 1.43 bits per heavy atom. The third kappa shape index (κ3) is 11.7. The molecule has 1 aliphatic carbocycles. The van der Waals surface area contributed by atoms with Crippen LogP contribution in [0.25, 0.3) is 0 Å². The van der Waals surface area contributed by atoms with Crippen molar-refractivity contribution in [2.75, 3.05) is 37.6 Å². The van der Waals surface area contributed by atoms with Gasteiger partial charge in [-0.15, -0.1) is 0 Å². The second kappa shape index (κ2) is 16.4. The number of carbonyl (C=O) groups excluding carboxylic acids is 4. The highest BCUT2D eigenvalue weighted by molar-refractivity contribution is 6.04. The van der Waals surface area contributed by atoms with Crippen LogP contribution in [-0.4, -0.2) is 83.5 Å². The van der Waals surface area contributed by atoms with Crippen molar-refractivity contribution in [3.8, 4) is 0 Å². The standard InChI is InChI=1S/C39H57N3O7/c1-29-13-15-30(16-14-29)42(36(46)32-12-11-25-47-32)31-17-22-40(23-18-31)24-21-39(19-9-8-10-20-39)26-33(43)41(27-34(44)48-37(2,3)4)28-35(45)49-38(5,6)7/h11-16,25,31H,8-10,17-24,26-28H2,1-7H3. The summed E-state index contributed by atoms with van der Waals surface area (Å²) in [6, 6.07) is 11.5. The van der Waals surface area contributed by atoms with Crippen LogP contribution in [0.1, 0.15) is 115 Å². The van der Waals surface area contributed by atoms with Crippen molar-refractivity contribution in [3.05, 3.63) is 54.0 Å². The third-order valence-corrected chi connectivity index (χ3v) is 9.42. The Balaban J connectivity index is 1.42. The van der Waals surface area contributed by atoms with Crippen LogP contribution in [0.3, 0.4) is 0 Å². The monoisotopic (exact) mass is 679 g/mol. The van der Waals surface area contributed by atoms with E-state index in [-0.39, 0.29) is 42.8 Å². The quantitative estimate of drug-likeness (QED) is 0.222.